The van der Waals surface area contributed by atoms with E-state index in [-0.39, 0.29) is 36.5 Å². The molecule has 0 aliphatic heterocycles. The molecule has 1 aliphatic rings. The van der Waals surface area contributed by atoms with Gasteiger partial charge in [-0.3, -0.25) is 14.4 Å². The molecule has 1 saturated carbocycles. The highest BCUT2D eigenvalue weighted by atomic mass is 16.5. The molecule has 1 aromatic heterocycles. The summed E-state index contributed by atoms with van der Waals surface area (Å²) < 4.78 is 13.1. The van der Waals surface area contributed by atoms with Crippen LogP contribution in [0.25, 0.3) is 0 Å². The summed E-state index contributed by atoms with van der Waals surface area (Å²) in [5.74, 6) is 0.133. The molecule has 0 bridgehead atoms. The molecule has 7 nitrogen and oxygen atoms in total. The van der Waals surface area contributed by atoms with Gasteiger partial charge in [-0.15, -0.1) is 0 Å². The first kappa shape index (κ1) is 27.2. The van der Waals surface area contributed by atoms with Crippen molar-refractivity contribution in [3.63, 3.8) is 0 Å². The van der Waals surface area contributed by atoms with Crippen molar-refractivity contribution in [1.82, 2.24) is 9.88 Å². The molecule has 2 atom stereocenters. The van der Waals surface area contributed by atoms with E-state index in [9.17, 15) is 14.4 Å². The van der Waals surface area contributed by atoms with Crippen LogP contribution in [0.2, 0.25) is 0 Å². The number of esters is 1. The lowest BCUT2D eigenvalue weighted by atomic mass is 9.96. The van der Waals surface area contributed by atoms with Crippen molar-refractivity contribution in [3.05, 3.63) is 100 Å². The summed E-state index contributed by atoms with van der Waals surface area (Å²) in [7, 11) is 0. The maximum absolute atomic E-state index is 13.6. The fourth-order valence-corrected chi connectivity index (χ4v) is 4.46. The number of benzene rings is 2. The lowest BCUT2D eigenvalue weighted by molar-refractivity contribution is -0.145. The van der Waals surface area contributed by atoms with Crippen LogP contribution in [0.1, 0.15) is 69.2 Å². The Morgan fingerprint density at radius 2 is 1.76 bits per heavy atom. The van der Waals surface area contributed by atoms with Gasteiger partial charge < -0.3 is 19.4 Å². The zero-order chi connectivity index (χ0) is 26.9. The second-order valence-corrected chi connectivity index (χ2v) is 10.2. The second-order valence-electron chi connectivity index (χ2n) is 10.2. The molecule has 2 aromatic carbocycles. The van der Waals surface area contributed by atoms with Crippen molar-refractivity contribution < 1.29 is 19.1 Å². The van der Waals surface area contributed by atoms with Gasteiger partial charge >= 0.3 is 5.97 Å². The van der Waals surface area contributed by atoms with E-state index in [4.69, 9.17) is 9.47 Å². The Balaban J connectivity index is 1.55. The first-order valence-electron chi connectivity index (χ1n) is 13.3. The Bertz CT molecular complexity index is 1270. The van der Waals surface area contributed by atoms with Gasteiger partial charge in [0.05, 0.1) is 18.6 Å². The number of ether oxygens (including phenoxy) is 2. The Morgan fingerprint density at radius 3 is 2.45 bits per heavy atom. The monoisotopic (exact) mass is 516 g/mol. The maximum Gasteiger partial charge on any atom is 0.308 e. The Kier molecular flexibility index (Phi) is 9.35. The van der Waals surface area contributed by atoms with Gasteiger partial charge in [0.15, 0.2) is 0 Å². The van der Waals surface area contributed by atoms with Crippen LogP contribution < -0.4 is 15.6 Å². The minimum atomic E-state index is -0.707. The van der Waals surface area contributed by atoms with Gasteiger partial charge in [0.1, 0.15) is 18.4 Å². The normalized spacial score (nSPS) is 14.8. The van der Waals surface area contributed by atoms with Crippen molar-refractivity contribution in [2.45, 2.75) is 70.7 Å². The Hall–Kier alpha value is -3.87. The van der Waals surface area contributed by atoms with E-state index in [0.29, 0.717) is 12.2 Å². The standard InChI is InChI=1S/C31H36N2O5/c1-22(2)18-28(33-17-7-6-16-29(33)34)31(36)32-27(20-30(35)37-21-23-10-4-3-5-11-23)24-12-8-15-26(19-24)38-25-13-9-14-25/h3-8,10-12,15-17,19,22,25,27-28H,9,13-14,18,20-21H2,1-2H3,(H,32,36)/t27?,28-/m0/s1. The Morgan fingerprint density at radius 1 is 1.00 bits per heavy atom. The molecule has 1 heterocycles. The van der Waals surface area contributed by atoms with Crippen molar-refractivity contribution in [3.8, 4) is 5.75 Å². The summed E-state index contributed by atoms with van der Waals surface area (Å²) in [5.41, 5.74) is 1.39. The van der Waals surface area contributed by atoms with Gasteiger partial charge in [-0.25, -0.2) is 0 Å². The second kappa shape index (κ2) is 13.1. The zero-order valence-electron chi connectivity index (χ0n) is 22.0. The molecule has 200 valence electrons. The van der Waals surface area contributed by atoms with Gasteiger partial charge in [0.2, 0.25) is 5.91 Å². The number of rotatable bonds is 12. The molecule has 7 heteroatoms. The molecule has 1 N–H and O–H groups in total. The zero-order valence-corrected chi connectivity index (χ0v) is 22.0. The molecule has 1 unspecified atom stereocenters. The van der Waals surface area contributed by atoms with Crippen LogP contribution in [0.3, 0.4) is 0 Å². The highest BCUT2D eigenvalue weighted by Crippen LogP contribution is 2.29. The molecular formula is C31H36N2O5. The van der Waals surface area contributed by atoms with Gasteiger partial charge in [-0.2, -0.15) is 0 Å². The van der Waals surface area contributed by atoms with E-state index < -0.39 is 18.1 Å². The number of nitrogens with zero attached hydrogens (tertiary/aromatic N) is 1. The van der Waals surface area contributed by atoms with E-state index in [1.54, 1.807) is 18.3 Å². The van der Waals surface area contributed by atoms with Crippen molar-refractivity contribution in [2.24, 2.45) is 5.92 Å². The van der Waals surface area contributed by atoms with Gasteiger partial charge in [-0.1, -0.05) is 62.4 Å². The van der Waals surface area contributed by atoms with Crippen molar-refractivity contribution in [2.75, 3.05) is 0 Å². The van der Waals surface area contributed by atoms with Crippen LogP contribution in [-0.4, -0.2) is 22.5 Å². The van der Waals surface area contributed by atoms with E-state index in [1.165, 1.54) is 10.6 Å². The average Bonchev–Trinajstić information content (AvgIpc) is 2.89. The summed E-state index contributed by atoms with van der Waals surface area (Å²) in [6.45, 7) is 4.17. The molecule has 0 spiro atoms. The summed E-state index contributed by atoms with van der Waals surface area (Å²) in [4.78, 5) is 39.1. The molecule has 1 fully saturated rings. The smallest absolute Gasteiger partial charge is 0.308 e. The molecule has 4 rings (SSSR count). The minimum Gasteiger partial charge on any atom is -0.490 e. The quantitative estimate of drug-likeness (QED) is 0.328. The third-order valence-electron chi connectivity index (χ3n) is 6.73. The molecule has 3 aromatic rings. The van der Waals surface area contributed by atoms with Crippen LogP contribution in [0, 0.1) is 5.92 Å². The fourth-order valence-electron chi connectivity index (χ4n) is 4.46. The predicted molar refractivity (Wildman–Crippen MR) is 146 cm³/mol. The lowest BCUT2D eigenvalue weighted by Gasteiger charge is -2.28. The third kappa shape index (κ3) is 7.57. The first-order chi connectivity index (χ1) is 18.4. The number of carbonyl (C=O) groups excluding carboxylic acids is 2. The van der Waals surface area contributed by atoms with Gasteiger partial charge in [-0.05, 0) is 60.9 Å². The number of hydrogen-bond acceptors (Lipinski definition) is 5. The highest BCUT2D eigenvalue weighted by molar-refractivity contribution is 5.81. The number of aromatic nitrogens is 1. The van der Waals surface area contributed by atoms with E-state index in [1.807, 2.05) is 68.4 Å². The van der Waals surface area contributed by atoms with Crippen LogP contribution in [0.5, 0.6) is 5.75 Å². The third-order valence-corrected chi connectivity index (χ3v) is 6.73. The molecular weight excluding hydrogens is 480 g/mol. The number of nitrogens with one attached hydrogen (secondary N) is 1. The van der Waals surface area contributed by atoms with Gasteiger partial charge in [0, 0.05) is 12.3 Å². The first-order valence-corrected chi connectivity index (χ1v) is 13.3. The SMILES string of the molecule is CC(C)C[C@@H](C(=O)NC(CC(=O)OCc1ccccc1)c1cccc(OC2CCC2)c1)n1ccccc1=O. The van der Waals surface area contributed by atoms with E-state index in [2.05, 4.69) is 5.32 Å². The topological polar surface area (TPSA) is 86.6 Å². The van der Waals surface area contributed by atoms with Gasteiger partial charge in [0.25, 0.3) is 5.56 Å². The summed E-state index contributed by atoms with van der Waals surface area (Å²) in [6.07, 6.45) is 5.47. The van der Waals surface area contributed by atoms with E-state index >= 15 is 0 Å². The van der Waals surface area contributed by atoms with Crippen LogP contribution in [0.4, 0.5) is 0 Å². The van der Waals surface area contributed by atoms with Crippen molar-refractivity contribution in [1.29, 1.82) is 0 Å². The maximum atomic E-state index is 13.6. The fraction of sp³-hybridized carbons (Fsp3) is 0.387. The van der Waals surface area contributed by atoms with Crippen molar-refractivity contribution >= 4 is 11.9 Å². The van der Waals surface area contributed by atoms with Crippen LogP contribution in [0.15, 0.2) is 83.8 Å². The summed E-state index contributed by atoms with van der Waals surface area (Å²) in [6, 6.07) is 20.4. The molecule has 38 heavy (non-hydrogen) atoms. The van der Waals surface area contributed by atoms with Crippen LogP contribution >= 0.6 is 0 Å². The number of hydrogen-bond donors (Lipinski definition) is 1. The average molecular weight is 517 g/mol. The highest BCUT2D eigenvalue weighted by Gasteiger charge is 2.27. The lowest BCUT2D eigenvalue weighted by Crippen LogP contribution is -2.40. The molecule has 1 aliphatic carbocycles. The van der Waals surface area contributed by atoms with Crippen LogP contribution in [-0.2, 0) is 20.9 Å². The number of pyridine rings is 1. The number of amides is 1. The molecule has 0 saturated heterocycles. The molecule has 1 amide bonds. The summed E-state index contributed by atoms with van der Waals surface area (Å²) in [5, 5.41) is 3.05. The predicted octanol–water partition coefficient (Wildman–Crippen LogP) is 5.36. The molecule has 0 radical (unpaired) electrons. The Labute approximate surface area is 223 Å². The summed E-state index contributed by atoms with van der Waals surface area (Å²) >= 11 is 0. The minimum absolute atomic E-state index is 0.0520. The number of carbonyl (C=O) groups is 2. The largest absolute Gasteiger partial charge is 0.490 e. The van der Waals surface area contributed by atoms with E-state index in [0.717, 1.165) is 30.4 Å².